The van der Waals surface area contributed by atoms with E-state index in [9.17, 15) is 4.79 Å². The molecule has 1 aromatic rings. The molecular formula is C13H15NO. The number of allylic oxidation sites excluding steroid dienone is 1. The monoisotopic (exact) mass is 201 g/mol. The molecule has 0 amide bonds. The zero-order valence-corrected chi connectivity index (χ0v) is 8.70. The smallest absolute Gasteiger partial charge is 0.147 e. The molecule has 2 rings (SSSR count). The molecular weight excluding hydrogens is 186 g/mol. The van der Waals surface area contributed by atoms with E-state index in [2.05, 4.69) is 6.58 Å². The van der Waals surface area contributed by atoms with Crippen molar-refractivity contribution in [2.75, 3.05) is 5.73 Å². The first-order valence-corrected chi connectivity index (χ1v) is 5.19. The summed E-state index contributed by atoms with van der Waals surface area (Å²) in [6.07, 6.45) is 4.07. The number of hydrogen-bond donors (Lipinski definition) is 1. The van der Waals surface area contributed by atoms with E-state index in [0.717, 1.165) is 24.1 Å². The molecule has 78 valence electrons. The van der Waals surface area contributed by atoms with E-state index in [1.165, 1.54) is 0 Å². The molecule has 2 nitrogen and oxygen atoms in total. The van der Waals surface area contributed by atoms with Gasteiger partial charge in [-0.05, 0) is 30.5 Å². The van der Waals surface area contributed by atoms with Crippen molar-refractivity contribution in [3.8, 4) is 0 Å². The second kappa shape index (κ2) is 3.54. The lowest BCUT2D eigenvalue weighted by atomic mass is 9.89. The van der Waals surface area contributed by atoms with E-state index < -0.39 is 0 Å². The van der Waals surface area contributed by atoms with Crippen molar-refractivity contribution in [2.24, 2.45) is 0 Å². The molecule has 2 N–H and O–H groups in total. The number of carbonyl (C=O) groups is 1. The van der Waals surface area contributed by atoms with Crippen LogP contribution < -0.4 is 5.73 Å². The van der Waals surface area contributed by atoms with Crippen molar-refractivity contribution in [1.82, 2.24) is 0 Å². The van der Waals surface area contributed by atoms with Gasteiger partial charge in [0.25, 0.3) is 0 Å². The highest BCUT2D eigenvalue weighted by Gasteiger charge is 2.49. The maximum absolute atomic E-state index is 11.9. The number of ketones is 1. The third-order valence-corrected chi connectivity index (χ3v) is 3.08. The van der Waals surface area contributed by atoms with E-state index in [1.807, 2.05) is 24.3 Å². The van der Waals surface area contributed by atoms with E-state index in [4.69, 9.17) is 5.73 Å². The van der Waals surface area contributed by atoms with Gasteiger partial charge < -0.3 is 5.73 Å². The summed E-state index contributed by atoms with van der Waals surface area (Å²) in [5.41, 5.74) is 7.25. The van der Waals surface area contributed by atoms with Gasteiger partial charge in [-0.2, -0.15) is 0 Å². The Bertz CT molecular complexity index is 388. The molecule has 0 spiro atoms. The van der Waals surface area contributed by atoms with Gasteiger partial charge in [0.2, 0.25) is 0 Å². The lowest BCUT2D eigenvalue weighted by molar-refractivity contribution is -0.120. The van der Waals surface area contributed by atoms with Crippen molar-refractivity contribution in [3.05, 3.63) is 42.5 Å². The lowest BCUT2D eigenvalue weighted by Crippen LogP contribution is -2.19. The summed E-state index contributed by atoms with van der Waals surface area (Å²) in [6.45, 7) is 3.61. The fourth-order valence-corrected chi connectivity index (χ4v) is 1.98. The van der Waals surface area contributed by atoms with Crippen molar-refractivity contribution in [3.63, 3.8) is 0 Å². The summed E-state index contributed by atoms with van der Waals surface area (Å²) in [4.78, 5) is 11.9. The van der Waals surface area contributed by atoms with Crippen molar-refractivity contribution in [1.29, 1.82) is 0 Å². The average molecular weight is 201 g/mol. The van der Waals surface area contributed by atoms with E-state index in [-0.39, 0.29) is 11.2 Å². The highest BCUT2D eigenvalue weighted by Crippen LogP contribution is 2.49. The number of benzene rings is 1. The molecule has 2 heteroatoms. The molecule has 0 unspecified atom stereocenters. The minimum Gasteiger partial charge on any atom is -0.399 e. The fraction of sp³-hybridized carbons (Fsp3) is 0.308. The summed E-state index contributed by atoms with van der Waals surface area (Å²) >= 11 is 0. The van der Waals surface area contributed by atoms with Crippen LogP contribution in [0.25, 0.3) is 0 Å². The second-order valence-electron chi connectivity index (χ2n) is 4.12. The van der Waals surface area contributed by atoms with Gasteiger partial charge in [0, 0.05) is 12.1 Å². The summed E-state index contributed by atoms with van der Waals surface area (Å²) < 4.78 is 0. The normalized spacial score (nSPS) is 17.1. The molecule has 15 heavy (non-hydrogen) atoms. The predicted octanol–water partition coefficient (Wildman–Crippen LogP) is 2.45. The first kappa shape index (κ1) is 9.97. The van der Waals surface area contributed by atoms with Gasteiger partial charge in [0.1, 0.15) is 5.78 Å². The molecule has 0 heterocycles. The molecule has 0 saturated heterocycles. The minimum atomic E-state index is -0.220. The molecule has 0 aliphatic heterocycles. The van der Waals surface area contributed by atoms with Gasteiger partial charge >= 0.3 is 0 Å². The number of anilines is 1. The van der Waals surface area contributed by atoms with Crippen molar-refractivity contribution in [2.45, 2.75) is 24.7 Å². The molecule has 0 atom stereocenters. The Morgan fingerprint density at radius 1 is 1.40 bits per heavy atom. The Balaban J connectivity index is 2.26. The Kier molecular flexibility index (Phi) is 2.35. The molecule has 0 aromatic heterocycles. The molecule has 0 radical (unpaired) electrons. The zero-order valence-electron chi connectivity index (χ0n) is 8.70. The molecule has 1 aliphatic carbocycles. The number of nitrogen functional groups attached to an aromatic ring is 1. The Hall–Kier alpha value is -1.57. The van der Waals surface area contributed by atoms with Crippen LogP contribution in [0.15, 0.2) is 36.9 Å². The van der Waals surface area contributed by atoms with Gasteiger partial charge in [-0.15, -0.1) is 6.58 Å². The first-order valence-electron chi connectivity index (χ1n) is 5.19. The third kappa shape index (κ3) is 1.67. The fourth-order valence-electron chi connectivity index (χ4n) is 1.98. The summed E-state index contributed by atoms with van der Waals surface area (Å²) in [7, 11) is 0. The lowest BCUT2D eigenvalue weighted by Gasteiger charge is -2.13. The number of rotatable bonds is 4. The second-order valence-corrected chi connectivity index (χ2v) is 4.12. The zero-order chi connectivity index (χ0) is 10.9. The molecule has 1 fully saturated rings. The highest BCUT2D eigenvalue weighted by atomic mass is 16.1. The number of hydrogen-bond acceptors (Lipinski definition) is 2. The maximum atomic E-state index is 11.9. The van der Waals surface area contributed by atoms with Gasteiger partial charge in [-0.1, -0.05) is 18.2 Å². The van der Waals surface area contributed by atoms with Crippen LogP contribution >= 0.6 is 0 Å². The third-order valence-electron chi connectivity index (χ3n) is 3.08. The number of carbonyl (C=O) groups excluding carboxylic acids is 1. The van der Waals surface area contributed by atoms with Crippen LogP contribution in [0.1, 0.15) is 24.8 Å². The average Bonchev–Trinajstić information content (AvgIpc) is 3.00. The van der Waals surface area contributed by atoms with Gasteiger partial charge in [0.15, 0.2) is 0 Å². The number of nitrogens with two attached hydrogens (primary N) is 1. The van der Waals surface area contributed by atoms with Crippen LogP contribution in [0, 0.1) is 0 Å². The van der Waals surface area contributed by atoms with E-state index in [0.29, 0.717) is 6.42 Å². The SMILES string of the molecule is C=CCC(=O)C1(c2ccc(N)cc2)CC1. The van der Waals surface area contributed by atoms with Crippen LogP contribution in [0.4, 0.5) is 5.69 Å². The topological polar surface area (TPSA) is 43.1 Å². The first-order chi connectivity index (χ1) is 7.19. The minimum absolute atomic E-state index is 0.220. The standard InChI is InChI=1S/C13H15NO/c1-2-3-12(15)13(8-9-13)10-4-6-11(14)7-5-10/h2,4-7H,1,3,8-9,14H2. The van der Waals surface area contributed by atoms with Crippen molar-refractivity contribution < 1.29 is 4.79 Å². The largest absolute Gasteiger partial charge is 0.399 e. The molecule has 1 aliphatic rings. The molecule has 1 saturated carbocycles. The number of Topliss-reactive ketones (excluding diaryl/α,β-unsaturated/α-hetero) is 1. The van der Waals surface area contributed by atoms with Crippen LogP contribution in [0.2, 0.25) is 0 Å². The van der Waals surface area contributed by atoms with E-state index >= 15 is 0 Å². The quantitative estimate of drug-likeness (QED) is 0.600. The Morgan fingerprint density at radius 3 is 2.47 bits per heavy atom. The summed E-state index contributed by atoms with van der Waals surface area (Å²) in [5.74, 6) is 0.280. The molecule has 0 bridgehead atoms. The van der Waals surface area contributed by atoms with Crippen molar-refractivity contribution >= 4 is 11.5 Å². The van der Waals surface area contributed by atoms with Crippen LogP contribution in [0.3, 0.4) is 0 Å². The summed E-state index contributed by atoms with van der Waals surface area (Å²) in [5, 5.41) is 0. The summed E-state index contributed by atoms with van der Waals surface area (Å²) in [6, 6.07) is 7.64. The van der Waals surface area contributed by atoms with Gasteiger partial charge in [-0.25, -0.2) is 0 Å². The highest BCUT2D eigenvalue weighted by molar-refractivity contribution is 5.94. The van der Waals surface area contributed by atoms with Crippen LogP contribution in [0.5, 0.6) is 0 Å². The van der Waals surface area contributed by atoms with Gasteiger partial charge in [0.05, 0.1) is 5.41 Å². The predicted molar refractivity (Wildman–Crippen MR) is 61.6 cm³/mol. The Morgan fingerprint density at radius 2 is 2.00 bits per heavy atom. The van der Waals surface area contributed by atoms with E-state index in [1.54, 1.807) is 6.08 Å². The Labute approximate surface area is 89.8 Å². The van der Waals surface area contributed by atoms with Gasteiger partial charge in [-0.3, -0.25) is 4.79 Å². The molecule has 1 aromatic carbocycles. The van der Waals surface area contributed by atoms with Crippen LogP contribution in [-0.2, 0) is 10.2 Å². The maximum Gasteiger partial charge on any atom is 0.147 e. The van der Waals surface area contributed by atoms with Crippen LogP contribution in [-0.4, -0.2) is 5.78 Å².